The Bertz CT molecular complexity index is 794. The van der Waals surface area contributed by atoms with Crippen LogP contribution in [-0.4, -0.2) is 54.5 Å². The highest BCUT2D eigenvalue weighted by Crippen LogP contribution is 2.28. The van der Waals surface area contributed by atoms with Crippen molar-refractivity contribution in [2.24, 2.45) is 5.92 Å². The lowest BCUT2D eigenvalue weighted by Crippen LogP contribution is -2.54. The summed E-state index contributed by atoms with van der Waals surface area (Å²) in [7, 11) is -3.30. The second-order valence-electron chi connectivity index (χ2n) is 5.65. The molecule has 0 saturated heterocycles. The highest BCUT2D eigenvalue weighted by Gasteiger charge is 2.46. The molecule has 7 nitrogen and oxygen atoms in total. The molecule has 2 atom stereocenters. The molecule has 0 saturated carbocycles. The molecule has 0 bridgehead atoms. The quantitative estimate of drug-likeness (QED) is 0.416. The molecule has 0 aliphatic rings. The summed E-state index contributed by atoms with van der Waals surface area (Å²) in [6.07, 6.45) is 1.69. The van der Waals surface area contributed by atoms with Gasteiger partial charge in [0.05, 0.1) is 23.3 Å². The van der Waals surface area contributed by atoms with E-state index in [1.54, 1.807) is 26.0 Å². The van der Waals surface area contributed by atoms with Gasteiger partial charge in [-0.05, 0) is 31.7 Å². The monoisotopic (exact) mass is 479 g/mol. The molecule has 0 aromatic heterocycles. The van der Waals surface area contributed by atoms with Crippen LogP contribution in [0.15, 0.2) is 29.2 Å². The van der Waals surface area contributed by atoms with Crippen LogP contribution in [0.25, 0.3) is 0 Å². The van der Waals surface area contributed by atoms with Gasteiger partial charge in [0.15, 0.2) is 11.2 Å². The van der Waals surface area contributed by atoms with Gasteiger partial charge in [0.1, 0.15) is 0 Å². The van der Waals surface area contributed by atoms with Gasteiger partial charge < -0.3 is 4.74 Å². The second-order valence-corrected chi connectivity index (χ2v) is 8.83. The number of esters is 1. The van der Waals surface area contributed by atoms with Crippen LogP contribution >= 0.6 is 27.7 Å². The van der Waals surface area contributed by atoms with Crippen LogP contribution in [0.3, 0.4) is 0 Å². The highest BCUT2D eigenvalue weighted by atomic mass is 79.9. The Labute approximate surface area is 172 Å². The summed E-state index contributed by atoms with van der Waals surface area (Å²) in [6.45, 7) is 3.43. The van der Waals surface area contributed by atoms with Gasteiger partial charge in [-0.25, -0.2) is 17.5 Å². The third kappa shape index (κ3) is 5.32. The first-order valence-corrected chi connectivity index (χ1v) is 11.8. The Morgan fingerprint density at radius 2 is 1.78 bits per heavy atom. The summed E-state index contributed by atoms with van der Waals surface area (Å²) in [5, 5.41) is -0.741. The maximum Gasteiger partial charge on any atom is 0.330 e. The molecule has 27 heavy (non-hydrogen) atoms. The second kappa shape index (κ2) is 10.2. The molecule has 0 spiro atoms. The molecule has 1 aromatic rings. The number of carbonyl (C=O) groups is 3. The molecule has 0 aliphatic carbocycles. The van der Waals surface area contributed by atoms with E-state index in [0.717, 1.165) is 24.4 Å². The number of alkyl halides is 1. The first-order valence-electron chi connectivity index (χ1n) is 8.01. The molecule has 0 radical (unpaired) electrons. The Hall–Kier alpha value is -1.39. The molecule has 0 unspecified atom stereocenters. The molecule has 1 aromatic carbocycles. The van der Waals surface area contributed by atoms with Gasteiger partial charge in [-0.3, -0.25) is 9.59 Å². The van der Waals surface area contributed by atoms with Gasteiger partial charge in [0.25, 0.3) is 10.0 Å². The number of ether oxygens (including phenoxy) is 1. The van der Waals surface area contributed by atoms with E-state index >= 15 is 0 Å². The molecule has 10 heteroatoms. The van der Waals surface area contributed by atoms with Gasteiger partial charge in [0.2, 0.25) is 5.91 Å². The Kier molecular flexibility index (Phi) is 8.97. The number of aryl methyl sites for hydroxylation is 1. The van der Waals surface area contributed by atoms with E-state index in [0.29, 0.717) is 4.31 Å². The Morgan fingerprint density at radius 1 is 1.22 bits per heavy atom. The summed E-state index contributed by atoms with van der Waals surface area (Å²) < 4.78 is 31.6. The molecular weight excluding hydrogens is 458 g/mol. The maximum atomic E-state index is 13.2. The van der Waals surface area contributed by atoms with Crippen molar-refractivity contribution in [1.82, 2.24) is 4.31 Å². The molecule has 1 amide bonds. The van der Waals surface area contributed by atoms with Gasteiger partial charge in [-0.2, -0.15) is 0 Å². The lowest BCUT2D eigenvalue weighted by Gasteiger charge is -2.32. The molecular formula is C17H22BrNO6S2. The fourth-order valence-corrected chi connectivity index (χ4v) is 5.14. The summed E-state index contributed by atoms with van der Waals surface area (Å²) in [6, 6.07) is 4.29. The number of nitrogens with zero attached hydrogens (tertiary/aromatic N) is 1. The van der Waals surface area contributed by atoms with Crippen LogP contribution in [0, 0.1) is 12.8 Å². The normalized spacial score (nSPS) is 13.5. The third-order valence-electron chi connectivity index (χ3n) is 3.96. The minimum Gasteiger partial charge on any atom is -0.467 e. The predicted molar refractivity (Wildman–Crippen MR) is 107 cm³/mol. The van der Waals surface area contributed by atoms with Crippen LogP contribution < -0.4 is 0 Å². The van der Waals surface area contributed by atoms with E-state index in [1.807, 2.05) is 0 Å². The minimum atomic E-state index is -4.39. The smallest absolute Gasteiger partial charge is 0.330 e. The summed E-state index contributed by atoms with van der Waals surface area (Å²) in [4.78, 5) is 37.2. The van der Waals surface area contributed by atoms with E-state index in [-0.39, 0.29) is 16.6 Å². The average molecular weight is 480 g/mol. The van der Waals surface area contributed by atoms with Gasteiger partial charge >= 0.3 is 5.97 Å². The highest BCUT2D eigenvalue weighted by molar-refractivity contribution is 9.09. The molecule has 1 rings (SSSR count). The standard InChI is InChI=1S/C17H22BrNO6S2/c1-5-13(17(22)26-4)15(16(21)25-3)19(14(20)10-18)27(23,24)12-8-6-11(2)7-9-12/h6-9,13,15H,5,10H2,1-4H3/t13-,15+/m0/s1. The van der Waals surface area contributed by atoms with E-state index in [9.17, 15) is 22.8 Å². The van der Waals surface area contributed by atoms with E-state index in [4.69, 9.17) is 4.74 Å². The molecule has 0 aliphatic heterocycles. The van der Waals surface area contributed by atoms with Crippen LogP contribution in [0.5, 0.6) is 0 Å². The topological polar surface area (TPSA) is 97.8 Å². The lowest BCUT2D eigenvalue weighted by atomic mass is 9.98. The van der Waals surface area contributed by atoms with Crippen LogP contribution in [0.1, 0.15) is 18.9 Å². The van der Waals surface area contributed by atoms with E-state index in [1.165, 1.54) is 18.4 Å². The Balaban J connectivity index is 3.65. The van der Waals surface area contributed by atoms with Gasteiger partial charge in [0, 0.05) is 0 Å². The maximum absolute atomic E-state index is 13.2. The largest absolute Gasteiger partial charge is 0.467 e. The average Bonchev–Trinajstić information content (AvgIpc) is 2.66. The van der Waals surface area contributed by atoms with Crippen molar-refractivity contribution in [3.63, 3.8) is 0 Å². The summed E-state index contributed by atoms with van der Waals surface area (Å²) in [5.74, 6) is -2.86. The number of benzene rings is 1. The van der Waals surface area contributed by atoms with Crippen molar-refractivity contribution >= 4 is 54.7 Å². The SMILES string of the molecule is CC[C@H](C(=O)SC)[C@H](C(=O)OC)N(C(=O)CBr)S(=O)(=O)c1ccc(C)cc1. The van der Waals surface area contributed by atoms with Gasteiger partial charge in [-0.15, -0.1) is 0 Å². The molecule has 0 fully saturated rings. The summed E-state index contributed by atoms with van der Waals surface area (Å²) >= 11 is 3.83. The van der Waals surface area contributed by atoms with E-state index < -0.39 is 39.0 Å². The zero-order valence-electron chi connectivity index (χ0n) is 15.5. The lowest BCUT2D eigenvalue weighted by molar-refractivity contribution is -0.151. The first kappa shape index (κ1) is 23.6. The van der Waals surface area contributed by atoms with E-state index in [2.05, 4.69) is 15.9 Å². The number of sulfonamides is 1. The number of carbonyl (C=O) groups excluding carboxylic acids is 3. The predicted octanol–water partition coefficient (Wildman–Crippen LogP) is 2.36. The molecule has 0 N–H and O–H groups in total. The number of thioether (sulfide) groups is 1. The number of hydrogen-bond acceptors (Lipinski definition) is 7. The van der Waals surface area contributed by atoms with Crippen LogP contribution in [-0.2, 0) is 29.1 Å². The van der Waals surface area contributed by atoms with Crippen molar-refractivity contribution < 1.29 is 27.5 Å². The van der Waals surface area contributed by atoms with Crippen molar-refractivity contribution in [3.8, 4) is 0 Å². The minimum absolute atomic E-state index is 0.150. The van der Waals surface area contributed by atoms with Crippen LogP contribution in [0.4, 0.5) is 0 Å². The number of hydrogen-bond donors (Lipinski definition) is 0. The van der Waals surface area contributed by atoms with Crippen molar-refractivity contribution in [2.75, 3.05) is 18.7 Å². The zero-order valence-corrected chi connectivity index (χ0v) is 18.7. The van der Waals surface area contributed by atoms with Crippen molar-refractivity contribution in [3.05, 3.63) is 29.8 Å². The molecule has 150 valence electrons. The van der Waals surface area contributed by atoms with Crippen LogP contribution in [0.2, 0.25) is 0 Å². The fraction of sp³-hybridized carbons (Fsp3) is 0.471. The summed E-state index contributed by atoms with van der Waals surface area (Å²) in [5.41, 5.74) is 0.834. The number of methoxy groups -OCH3 is 1. The first-order chi connectivity index (χ1) is 12.6. The number of amides is 1. The zero-order chi connectivity index (χ0) is 20.8. The number of halogens is 1. The molecule has 0 heterocycles. The third-order valence-corrected chi connectivity index (χ3v) is 6.96. The fourth-order valence-electron chi connectivity index (χ4n) is 2.54. The van der Waals surface area contributed by atoms with Crippen molar-refractivity contribution in [1.29, 1.82) is 0 Å². The Morgan fingerprint density at radius 3 is 2.19 bits per heavy atom. The van der Waals surface area contributed by atoms with Gasteiger partial charge in [-0.1, -0.05) is 52.3 Å². The van der Waals surface area contributed by atoms with Crippen molar-refractivity contribution in [2.45, 2.75) is 31.2 Å². The number of rotatable bonds is 8.